The van der Waals surface area contributed by atoms with E-state index in [1.165, 1.54) is 16.7 Å². The molecular formula is C16H18BrN. The quantitative estimate of drug-likeness (QED) is 0.906. The molecule has 18 heavy (non-hydrogen) atoms. The summed E-state index contributed by atoms with van der Waals surface area (Å²) in [5.74, 6) is 0.363. The molecule has 0 aromatic heterocycles. The molecule has 2 rings (SSSR count). The van der Waals surface area contributed by atoms with Gasteiger partial charge in [-0.2, -0.15) is 0 Å². The molecule has 0 fully saturated rings. The zero-order chi connectivity index (χ0) is 13.0. The van der Waals surface area contributed by atoms with Crippen LogP contribution in [0.4, 0.5) is 0 Å². The van der Waals surface area contributed by atoms with Crippen molar-refractivity contribution in [3.05, 3.63) is 69.7 Å². The first kappa shape index (κ1) is 13.3. The van der Waals surface area contributed by atoms with Crippen LogP contribution in [0.25, 0.3) is 0 Å². The SMILES string of the molecule is Cc1ccccc1CC(CN)c1ccccc1Br. The Labute approximate surface area is 117 Å². The van der Waals surface area contributed by atoms with Gasteiger partial charge in [0.2, 0.25) is 0 Å². The molecule has 0 saturated carbocycles. The number of hydrogen-bond donors (Lipinski definition) is 1. The van der Waals surface area contributed by atoms with Gasteiger partial charge in [-0.05, 0) is 42.6 Å². The van der Waals surface area contributed by atoms with Crippen molar-refractivity contribution < 1.29 is 0 Å². The van der Waals surface area contributed by atoms with Crippen molar-refractivity contribution in [1.82, 2.24) is 0 Å². The molecule has 0 saturated heterocycles. The molecule has 0 heterocycles. The van der Waals surface area contributed by atoms with Crippen molar-refractivity contribution in [3.63, 3.8) is 0 Å². The predicted octanol–water partition coefficient (Wildman–Crippen LogP) is 4.04. The minimum Gasteiger partial charge on any atom is -0.330 e. The Kier molecular flexibility index (Phi) is 4.56. The fourth-order valence-corrected chi connectivity index (χ4v) is 2.84. The van der Waals surface area contributed by atoms with Crippen LogP contribution in [0.5, 0.6) is 0 Å². The zero-order valence-corrected chi connectivity index (χ0v) is 12.2. The Balaban J connectivity index is 2.26. The van der Waals surface area contributed by atoms with Crippen molar-refractivity contribution in [2.24, 2.45) is 5.73 Å². The average Bonchev–Trinajstić information content (AvgIpc) is 2.39. The molecule has 1 atom stereocenters. The van der Waals surface area contributed by atoms with Gasteiger partial charge in [-0.15, -0.1) is 0 Å². The number of nitrogens with two attached hydrogens (primary N) is 1. The topological polar surface area (TPSA) is 26.0 Å². The van der Waals surface area contributed by atoms with Gasteiger partial charge in [0, 0.05) is 10.4 Å². The van der Waals surface area contributed by atoms with Gasteiger partial charge >= 0.3 is 0 Å². The summed E-state index contributed by atoms with van der Waals surface area (Å²) in [7, 11) is 0. The van der Waals surface area contributed by atoms with Crippen LogP contribution in [0, 0.1) is 6.92 Å². The van der Waals surface area contributed by atoms with Crippen molar-refractivity contribution in [1.29, 1.82) is 0 Å². The maximum Gasteiger partial charge on any atom is 0.0210 e. The van der Waals surface area contributed by atoms with Crippen molar-refractivity contribution in [2.45, 2.75) is 19.3 Å². The second-order valence-electron chi connectivity index (χ2n) is 4.58. The smallest absolute Gasteiger partial charge is 0.0210 e. The molecule has 0 aliphatic carbocycles. The van der Waals surface area contributed by atoms with E-state index in [9.17, 15) is 0 Å². The Hall–Kier alpha value is -1.12. The third-order valence-corrected chi connectivity index (χ3v) is 4.08. The molecule has 0 radical (unpaired) electrons. The van der Waals surface area contributed by atoms with Crippen LogP contribution in [0.3, 0.4) is 0 Å². The lowest BCUT2D eigenvalue weighted by molar-refractivity contribution is 0.689. The first-order valence-electron chi connectivity index (χ1n) is 6.21. The lowest BCUT2D eigenvalue weighted by Crippen LogP contribution is -2.16. The molecule has 0 amide bonds. The highest BCUT2D eigenvalue weighted by Crippen LogP contribution is 2.27. The first-order valence-corrected chi connectivity index (χ1v) is 7.00. The third kappa shape index (κ3) is 3.01. The summed E-state index contributed by atoms with van der Waals surface area (Å²) in [5, 5.41) is 0. The molecule has 2 aromatic carbocycles. The number of hydrogen-bond acceptors (Lipinski definition) is 1. The summed E-state index contributed by atoms with van der Waals surface area (Å²) < 4.78 is 1.15. The lowest BCUT2D eigenvalue weighted by atomic mass is 9.90. The van der Waals surface area contributed by atoms with Gasteiger partial charge in [0.1, 0.15) is 0 Å². The van der Waals surface area contributed by atoms with Crippen LogP contribution >= 0.6 is 15.9 Å². The van der Waals surface area contributed by atoms with Gasteiger partial charge in [0.15, 0.2) is 0 Å². The van der Waals surface area contributed by atoms with Crippen LogP contribution in [-0.2, 0) is 6.42 Å². The Morgan fingerprint density at radius 1 is 1.06 bits per heavy atom. The Bertz CT molecular complexity index is 522. The van der Waals surface area contributed by atoms with Gasteiger partial charge in [-0.25, -0.2) is 0 Å². The van der Waals surface area contributed by atoms with Gasteiger partial charge < -0.3 is 5.73 Å². The van der Waals surface area contributed by atoms with E-state index in [-0.39, 0.29) is 0 Å². The molecule has 2 heteroatoms. The molecule has 2 N–H and O–H groups in total. The molecule has 2 aromatic rings. The van der Waals surface area contributed by atoms with Crippen LogP contribution in [-0.4, -0.2) is 6.54 Å². The van der Waals surface area contributed by atoms with Crippen molar-refractivity contribution in [2.75, 3.05) is 6.54 Å². The van der Waals surface area contributed by atoms with E-state index in [1.807, 2.05) is 6.07 Å². The standard InChI is InChI=1S/C16H18BrN/c1-12-6-2-3-7-13(12)10-14(11-18)15-8-4-5-9-16(15)17/h2-9,14H,10-11,18H2,1H3. The van der Waals surface area contributed by atoms with E-state index < -0.39 is 0 Å². The van der Waals surface area contributed by atoms with Crippen molar-refractivity contribution >= 4 is 15.9 Å². The minimum absolute atomic E-state index is 0.363. The summed E-state index contributed by atoms with van der Waals surface area (Å²) >= 11 is 3.61. The number of rotatable bonds is 4. The van der Waals surface area contributed by atoms with E-state index in [2.05, 4.69) is 65.3 Å². The zero-order valence-electron chi connectivity index (χ0n) is 10.6. The van der Waals surface area contributed by atoms with Crippen LogP contribution in [0.2, 0.25) is 0 Å². The minimum atomic E-state index is 0.363. The maximum atomic E-state index is 5.95. The molecule has 0 spiro atoms. The fourth-order valence-electron chi connectivity index (χ4n) is 2.23. The highest BCUT2D eigenvalue weighted by Gasteiger charge is 2.14. The van der Waals surface area contributed by atoms with E-state index in [0.717, 1.165) is 10.9 Å². The Morgan fingerprint density at radius 2 is 1.72 bits per heavy atom. The summed E-state index contributed by atoms with van der Waals surface area (Å²) in [5.41, 5.74) is 9.96. The van der Waals surface area contributed by atoms with Gasteiger partial charge in [-0.3, -0.25) is 0 Å². The maximum absolute atomic E-state index is 5.95. The Morgan fingerprint density at radius 3 is 2.39 bits per heavy atom. The summed E-state index contributed by atoms with van der Waals surface area (Å²) in [6.07, 6.45) is 0.992. The van der Waals surface area contributed by atoms with Gasteiger partial charge in [-0.1, -0.05) is 58.4 Å². The van der Waals surface area contributed by atoms with E-state index in [0.29, 0.717) is 12.5 Å². The normalized spacial score (nSPS) is 12.4. The number of halogens is 1. The van der Waals surface area contributed by atoms with Crippen LogP contribution < -0.4 is 5.73 Å². The second kappa shape index (κ2) is 6.17. The third-order valence-electron chi connectivity index (χ3n) is 3.36. The molecule has 0 aliphatic rings. The molecule has 0 aliphatic heterocycles. The second-order valence-corrected chi connectivity index (χ2v) is 5.44. The highest BCUT2D eigenvalue weighted by molar-refractivity contribution is 9.10. The monoisotopic (exact) mass is 303 g/mol. The number of aryl methyl sites for hydroxylation is 1. The van der Waals surface area contributed by atoms with Crippen molar-refractivity contribution in [3.8, 4) is 0 Å². The van der Waals surface area contributed by atoms with E-state index in [1.54, 1.807) is 0 Å². The first-order chi connectivity index (χ1) is 8.72. The predicted molar refractivity (Wildman–Crippen MR) is 80.8 cm³/mol. The summed E-state index contributed by atoms with van der Waals surface area (Å²) in [4.78, 5) is 0. The largest absolute Gasteiger partial charge is 0.330 e. The summed E-state index contributed by atoms with van der Waals surface area (Å²) in [6, 6.07) is 16.9. The molecule has 0 bridgehead atoms. The van der Waals surface area contributed by atoms with Crippen LogP contribution in [0.15, 0.2) is 53.0 Å². The highest BCUT2D eigenvalue weighted by atomic mass is 79.9. The lowest BCUT2D eigenvalue weighted by Gasteiger charge is -2.18. The molecule has 1 nitrogen and oxygen atoms in total. The number of benzene rings is 2. The molecule has 1 unspecified atom stereocenters. The molecule has 94 valence electrons. The summed E-state index contributed by atoms with van der Waals surface area (Å²) in [6.45, 7) is 2.82. The van der Waals surface area contributed by atoms with E-state index in [4.69, 9.17) is 5.73 Å². The van der Waals surface area contributed by atoms with Gasteiger partial charge in [0.25, 0.3) is 0 Å². The van der Waals surface area contributed by atoms with Crippen LogP contribution in [0.1, 0.15) is 22.6 Å². The fraction of sp³-hybridized carbons (Fsp3) is 0.250. The van der Waals surface area contributed by atoms with E-state index >= 15 is 0 Å². The van der Waals surface area contributed by atoms with Gasteiger partial charge in [0.05, 0.1) is 0 Å². The average molecular weight is 304 g/mol. The molecular weight excluding hydrogens is 286 g/mol.